The van der Waals surface area contributed by atoms with Crippen LogP contribution in [0.4, 0.5) is 0 Å². The minimum Gasteiger partial charge on any atom is -0.457 e. The highest BCUT2D eigenvalue weighted by atomic mass is 32.1. The van der Waals surface area contributed by atoms with Gasteiger partial charge in [-0.2, -0.15) is 4.98 Å². The molecule has 0 atom stereocenters. The summed E-state index contributed by atoms with van der Waals surface area (Å²) in [7, 11) is 3.78. The first-order valence-corrected chi connectivity index (χ1v) is 7.22. The predicted molar refractivity (Wildman–Crippen MR) is 79.9 cm³/mol. The van der Waals surface area contributed by atoms with Gasteiger partial charge in [0.2, 0.25) is 0 Å². The lowest BCUT2D eigenvalue weighted by atomic mass is 10.1. The first kappa shape index (κ1) is 13.1. The molecule has 1 aromatic carbocycles. The molecule has 1 N–H and O–H groups in total. The Morgan fingerprint density at radius 2 is 2.20 bits per heavy atom. The van der Waals surface area contributed by atoms with E-state index in [2.05, 4.69) is 39.7 Å². The summed E-state index contributed by atoms with van der Waals surface area (Å²) in [6.45, 7) is 1.33. The Hall–Kier alpha value is -1.92. The largest absolute Gasteiger partial charge is 0.457 e. The highest BCUT2D eigenvalue weighted by Crippen LogP contribution is 2.31. The van der Waals surface area contributed by atoms with Gasteiger partial charge in [-0.3, -0.25) is 4.68 Å². The zero-order valence-electron chi connectivity index (χ0n) is 11.5. The van der Waals surface area contributed by atoms with Gasteiger partial charge < -0.3 is 10.1 Å². The second-order valence-corrected chi connectivity index (χ2v) is 5.66. The fourth-order valence-electron chi connectivity index (χ4n) is 2.13. The Labute approximate surface area is 121 Å². The first-order chi connectivity index (χ1) is 9.78. The molecule has 20 heavy (non-hydrogen) atoms. The van der Waals surface area contributed by atoms with Gasteiger partial charge in [-0.15, -0.1) is 16.4 Å². The van der Waals surface area contributed by atoms with Crippen LogP contribution in [0.25, 0.3) is 10.1 Å². The van der Waals surface area contributed by atoms with Crippen LogP contribution in [-0.4, -0.2) is 21.8 Å². The molecule has 0 amide bonds. The molecule has 5 nitrogen and oxygen atoms in total. The first-order valence-electron chi connectivity index (χ1n) is 6.40. The molecular formula is C14H16N4OS. The smallest absolute Gasteiger partial charge is 0.335 e. The van der Waals surface area contributed by atoms with Crippen LogP contribution in [0.2, 0.25) is 0 Å². The summed E-state index contributed by atoms with van der Waals surface area (Å²) in [6, 6.07) is 8.81. The van der Waals surface area contributed by atoms with Crippen LogP contribution in [0.15, 0.2) is 30.6 Å². The van der Waals surface area contributed by atoms with E-state index in [1.807, 2.05) is 14.1 Å². The molecule has 104 valence electrons. The third-order valence-electron chi connectivity index (χ3n) is 3.04. The summed E-state index contributed by atoms with van der Waals surface area (Å²) in [6.07, 6.45) is 1.63. The number of aryl methyl sites for hydroxylation is 1. The number of hydrogen-bond donors (Lipinski definition) is 1. The van der Waals surface area contributed by atoms with Crippen molar-refractivity contribution in [1.29, 1.82) is 0 Å². The van der Waals surface area contributed by atoms with E-state index in [0.29, 0.717) is 12.6 Å². The van der Waals surface area contributed by atoms with Gasteiger partial charge in [0.05, 0.1) is 0 Å². The number of rotatable bonds is 5. The van der Waals surface area contributed by atoms with Crippen LogP contribution in [0.1, 0.15) is 10.4 Å². The molecule has 0 unspecified atom stereocenters. The van der Waals surface area contributed by atoms with E-state index in [4.69, 9.17) is 4.74 Å². The Morgan fingerprint density at radius 3 is 2.95 bits per heavy atom. The topological polar surface area (TPSA) is 52.0 Å². The maximum absolute atomic E-state index is 5.70. The standard InChI is InChI=1S/C14H16N4OS/c1-15-7-13-11(8-19-14-16-9-18(2)17-14)10-5-3-4-6-12(10)20-13/h3-6,9,15H,7-8H2,1-2H3. The lowest BCUT2D eigenvalue weighted by molar-refractivity contribution is 0.280. The van der Waals surface area contributed by atoms with Crippen molar-refractivity contribution in [3.8, 4) is 6.01 Å². The van der Waals surface area contributed by atoms with Crippen molar-refractivity contribution in [2.75, 3.05) is 7.05 Å². The molecular weight excluding hydrogens is 272 g/mol. The average molecular weight is 288 g/mol. The van der Waals surface area contributed by atoms with Crippen molar-refractivity contribution in [3.05, 3.63) is 41.0 Å². The molecule has 0 bridgehead atoms. The SMILES string of the molecule is CNCc1sc2ccccc2c1COc1ncn(C)n1. The third kappa shape index (κ3) is 2.52. The highest BCUT2D eigenvalue weighted by Gasteiger charge is 2.12. The molecule has 0 saturated heterocycles. The molecule has 2 aromatic heterocycles. The molecule has 0 saturated carbocycles. The highest BCUT2D eigenvalue weighted by molar-refractivity contribution is 7.19. The van der Waals surface area contributed by atoms with E-state index in [-0.39, 0.29) is 0 Å². The minimum absolute atomic E-state index is 0.415. The maximum atomic E-state index is 5.70. The monoisotopic (exact) mass is 288 g/mol. The number of nitrogens with zero attached hydrogens (tertiary/aromatic N) is 3. The summed E-state index contributed by atoms with van der Waals surface area (Å²) >= 11 is 1.80. The molecule has 0 aliphatic rings. The summed E-state index contributed by atoms with van der Waals surface area (Å²) in [5.41, 5.74) is 1.22. The number of hydrogen-bond acceptors (Lipinski definition) is 5. The summed E-state index contributed by atoms with van der Waals surface area (Å²) < 4.78 is 8.62. The van der Waals surface area contributed by atoms with E-state index < -0.39 is 0 Å². The number of benzene rings is 1. The average Bonchev–Trinajstić information content (AvgIpc) is 3.00. The zero-order chi connectivity index (χ0) is 13.9. The van der Waals surface area contributed by atoms with Gasteiger partial charge in [-0.05, 0) is 18.5 Å². The molecule has 0 aliphatic heterocycles. The molecule has 0 spiro atoms. The Bertz CT molecular complexity index is 719. The van der Waals surface area contributed by atoms with E-state index >= 15 is 0 Å². The molecule has 3 aromatic rings. The van der Waals surface area contributed by atoms with Crippen molar-refractivity contribution in [2.45, 2.75) is 13.2 Å². The Morgan fingerprint density at radius 1 is 1.35 bits per heavy atom. The van der Waals surface area contributed by atoms with Crippen LogP contribution in [0, 0.1) is 0 Å². The van der Waals surface area contributed by atoms with Crippen LogP contribution < -0.4 is 10.1 Å². The number of fused-ring (bicyclic) bond motifs is 1. The lowest BCUT2D eigenvalue weighted by Gasteiger charge is -2.04. The van der Waals surface area contributed by atoms with Crippen LogP contribution >= 0.6 is 11.3 Å². The quantitative estimate of drug-likeness (QED) is 0.783. The second-order valence-electron chi connectivity index (χ2n) is 4.52. The summed E-state index contributed by atoms with van der Waals surface area (Å²) in [4.78, 5) is 5.38. The molecule has 0 radical (unpaired) electrons. The fraction of sp³-hybridized carbons (Fsp3) is 0.286. The maximum Gasteiger partial charge on any atom is 0.335 e. The van der Waals surface area contributed by atoms with Crippen LogP contribution in [-0.2, 0) is 20.2 Å². The van der Waals surface area contributed by atoms with Gasteiger partial charge in [0, 0.05) is 28.7 Å². The molecule has 0 aliphatic carbocycles. The minimum atomic E-state index is 0.415. The lowest BCUT2D eigenvalue weighted by Crippen LogP contribution is -2.07. The summed E-state index contributed by atoms with van der Waals surface area (Å²) in [5.74, 6) is 0. The number of aromatic nitrogens is 3. The molecule has 3 rings (SSSR count). The predicted octanol–water partition coefficient (Wildman–Crippen LogP) is 2.33. The van der Waals surface area contributed by atoms with E-state index in [1.54, 1.807) is 22.3 Å². The number of nitrogens with one attached hydrogen (secondary N) is 1. The van der Waals surface area contributed by atoms with Gasteiger partial charge in [0.25, 0.3) is 0 Å². The van der Waals surface area contributed by atoms with Gasteiger partial charge in [0.1, 0.15) is 12.9 Å². The normalized spacial score (nSPS) is 11.1. The summed E-state index contributed by atoms with van der Waals surface area (Å²) in [5, 5.41) is 8.59. The van der Waals surface area contributed by atoms with Crippen molar-refractivity contribution in [1.82, 2.24) is 20.1 Å². The van der Waals surface area contributed by atoms with Crippen LogP contribution in [0.3, 0.4) is 0 Å². The zero-order valence-corrected chi connectivity index (χ0v) is 12.3. The van der Waals surface area contributed by atoms with E-state index in [9.17, 15) is 0 Å². The van der Waals surface area contributed by atoms with Crippen molar-refractivity contribution in [2.24, 2.45) is 7.05 Å². The Kier molecular flexibility index (Phi) is 3.66. The van der Waals surface area contributed by atoms with E-state index in [1.165, 1.54) is 20.5 Å². The fourth-order valence-corrected chi connectivity index (χ4v) is 3.36. The second kappa shape index (κ2) is 5.60. The number of thiophene rings is 1. The molecule has 2 heterocycles. The molecule has 6 heteroatoms. The van der Waals surface area contributed by atoms with Gasteiger partial charge in [-0.25, -0.2) is 0 Å². The van der Waals surface area contributed by atoms with Crippen LogP contribution in [0.5, 0.6) is 6.01 Å². The van der Waals surface area contributed by atoms with Gasteiger partial charge >= 0.3 is 6.01 Å². The van der Waals surface area contributed by atoms with Crippen molar-refractivity contribution in [3.63, 3.8) is 0 Å². The third-order valence-corrected chi connectivity index (χ3v) is 4.26. The van der Waals surface area contributed by atoms with Crippen molar-refractivity contribution >= 4 is 21.4 Å². The van der Waals surface area contributed by atoms with E-state index in [0.717, 1.165) is 6.54 Å². The number of ether oxygens (including phenoxy) is 1. The molecule has 0 fully saturated rings. The van der Waals surface area contributed by atoms with Gasteiger partial charge in [0.15, 0.2) is 0 Å². The van der Waals surface area contributed by atoms with Crippen molar-refractivity contribution < 1.29 is 4.74 Å². The Balaban J connectivity index is 1.90. The van der Waals surface area contributed by atoms with Gasteiger partial charge in [-0.1, -0.05) is 18.2 Å².